The van der Waals surface area contributed by atoms with Crippen LogP contribution in [0.5, 0.6) is 17.2 Å². The minimum Gasteiger partial charge on any atom is -0.493 e. The number of hydrogen-bond acceptors (Lipinski definition) is 6. The third-order valence-corrected chi connectivity index (χ3v) is 5.27. The Morgan fingerprint density at radius 2 is 1.88 bits per heavy atom. The molecule has 0 bridgehead atoms. The molecule has 1 N–H and O–H groups in total. The van der Waals surface area contributed by atoms with E-state index in [-0.39, 0.29) is 23.7 Å². The second-order valence-corrected chi connectivity index (χ2v) is 7.92. The van der Waals surface area contributed by atoms with Crippen molar-refractivity contribution in [1.82, 2.24) is 5.32 Å². The fraction of sp³-hybridized carbons (Fsp3) is 0.320. The highest BCUT2D eigenvalue weighted by Crippen LogP contribution is 2.30. The van der Waals surface area contributed by atoms with Crippen LogP contribution in [0, 0.1) is 11.3 Å². The second-order valence-electron chi connectivity index (χ2n) is 7.07. The highest BCUT2D eigenvalue weighted by atomic mass is 79.9. The number of hydrogen-bond donors (Lipinski definition) is 1. The van der Waals surface area contributed by atoms with Crippen molar-refractivity contribution < 1.29 is 23.8 Å². The zero-order valence-electron chi connectivity index (χ0n) is 18.9. The number of methoxy groups -OCH3 is 1. The Labute approximate surface area is 202 Å². The van der Waals surface area contributed by atoms with E-state index in [4.69, 9.17) is 14.2 Å². The van der Waals surface area contributed by atoms with Crippen molar-refractivity contribution in [3.05, 3.63) is 57.6 Å². The topological polar surface area (TPSA) is 97.7 Å². The number of amides is 1. The molecule has 0 atom stereocenters. The van der Waals surface area contributed by atoms with Crippen molar-refractivity contribution >= 4 is 33.9 Å². The number of rotatable bonds is 11. The summed E-state index contributed by atoms with van der Waals surface area (Å²) in [5, 5.41) is 12.0. The number of nitriles is 1. The normalized spacial score (nSPS) is 10.8. The molecule has 0 heterocycles. The first-order chi connectivity index (χ1) is 15.9. The van der Waals surface area contributed by atoms with Crippen LogP contribution in [0.4, 0.5) is 0 Å². The fourth-order valence-electron chi connectivity index (χ4n) is 2.82. The molecule has 0 saturated carbocycles. The van der Waals surface area contributed by atoms with Crippen molar-refractivity contribution in [1.29, 1.82) is 5.26 Å². The van der Waals surface area contributed by atoms with E-state index in [1.54, 1.807) is 24.3 Å². The summed E-state index contributed by atoms with van der Waals surface area (Å²) in [5.41, 5.74) is 1.68. The zero-order chi connectivity index (χ0) is 24.2. The van der Waals surface area contributed by atoms with Gasteiger partial charge in [0.2, 0.25) is 0 Å². The number of benzene rings is 2. The Hall–Kier alpha value is -3.31. The van der Waals surface area contributed by atoms with Crippen molar-refractivity contribution in [2.45, 2.75) is 33.1 Å². The molecule has 0 aliphatic rings. The van der Waals surface area contributed by atoms with Crippen LogP contribution in [0.1, 0.15) is 37.8 Å². The van der Waals surface area contributed by atoms with Crippen LogP contribution in [-0.2, 0) is 16.0 Å². The van der Waals surface area contributed by atoms with Gasteiger partial charge in [-0.2, -0.15) is 5.26 Å². The molecule has 0 spiro atoms. The maximum Gasteiger partial charge on any atom is 0.349 e. The Morgan fingerprint density at radius 1 is 1.12 bits per heavy atom. The molecule has 0 saturated heterocycles. The lowest BCUT2D eigenvalue weighted by Crippen LogP contribution is -2.25. The van der Waals surface area contributed by atoms with E-state index >= 15 is 0 Å². The van der Waals surface area contributed by atoms with Gasteiger partial charge in [0.05, 0.1) is 11.6 Å². The van der Waals surface area contributed by atoms with Gasteiger partial charge >= 0.3 is 5.97 Å². The minimum absolute atomic E-state index is 0.0223. The Balaban J connectivity index is 2.05. The summed E-state index contributed by atoms with van der Waals surface area (Å²) in [6.07, 6.45) is 4.13. The van der Waals surface area contributed by atoms with E-state index in [1.807, 2.05) is 25.1 Å². The Bertz CT molecular complexity index is 1060. The molecule has 0 fully saturated rings. The third kappa shape index (κ3) is 7.95. The van der Waals surface area contributed by atoms with E-state index < -0.39 is 11.9 Å². The van der Waals surface area contributed by atoms with E-state index in [2.05, 4.69) is 28.2 Å². The Kier molecular flexibility index (Phi) is 10.4. The van der Waals surface area contributed by atoms with Gasteiger partial charge in [0.1, 0.15) is 17.4 Å². The zero-order valence-corrected chi connectivity index (χ0v) is 20.5. The van der Waals surface area contributed by atoms with Crippen LogP contribution in [0.2, 0.25) is 0 Å². The predicted molar refractivity (Wildman–Crippen MR) is 129 cm³/mol. The average molecular weight is 515 g/mol. The smallest absolute Gasteiger partial charge is 0.349 e. The number of aryl methyl sites for hydroxylation is 1. The van der Waals surface area contributed by atoms with Crippen molar-refractivity contribution in [3.8, 4) is 23.3 Å². The summed E-state index contributed by atoms with van der Waals surface area (Å²) in [5.74, 6) is -0.00608. The number of carbonyl (C=O) groups is 2. The summed E-state index contributed by atoms with van der Waals surface area (Å²) in [7, 11) is 1.44. The van der Waals surface area contributed by atoms with Gasteiger partial charge in [-0.25, -0.2) is 4.79 Å². The number of unbranched alkanes of at least 4 members (excludes halogenated alkanes) is 1. The molecule has 33 heavy (non-hydrogen) atoms. The lowest BCUT2D eigenvalue weighted by molar-refractivity contribution is -0.136. The summed E-state index contributed by atoms with van der Waals surface area (Å²) >= 11 is 3.43. The number of nitrogens with zero attached hydrogens (tertiary/aromatic N) is 1. The first-order valence-electron chi connectivity index (χ1n) is 10.6. The summed E-state index contributed by atoms with van der Waals surface area (Å²) in [6, 6.07) is 12.3. The van der Waals surface area contributed by atoms with Gasteiger partial charge in [0.15, 0.2) is 18.1 Å². The Morgan fingerprint density at radius 3 is 2.52 bits per heavy atom. The molecule has 2 aromatic carbocycles. The summed E-state index contributed by atoms with van der Waals surface area (Å²) < 4.78 is 17.0. The second kappa shape index (κ2) is 13.3. The molecule has 0 radical (unpaired) electrons. The summed E-state index contributed by atoms with van der Waals surface area (Å²) in [4.78, 5) is 24.4. The van der Waals surface area contributed by atoms with Gasteiger partial charge in [-0.1, -0.05) is 32.4 Å². The van der Waals surface area contributed by atoms with Gasteiger partial charge in [-0.3, -0.25) is 4.79 Å². The number of esters is 1. The van der Waals surface area contributed by atoms with Crippen molar-refractivity contribution in [2.24, 2.45) is 0 Å². The molecule has 8 heteroatoms. The van der Waals surface area contributed by atoms with E-state index in [0.717, 1.165) is 29.3 Å². The molecule has 0 aliphatic carbocycles. The van der Waals surface area contributed by atoms with Crippen LogP contribution in [0.15, 0.2) is 46.4 Å². The molecule has 0 aromatic heterocycles. The molecular formula is C25H27BrN2O5. The molecular weight excluding hydrogens is 488 g/mol. The van der Waals surface area contributed by atoms with Crippen LogP contribution < -0.4 is 19.5 Å². The highest BCUT2D eigenvalue weighted by Gasteiger charge is 2.14. The number of carbonyl (C=O) groups excluding carboxylic acids is 2. The van der Waals surface area contributed by atoms with Crippen LogP contribution in [0.3, 0.4) is 0 Å². The first-order valence-corrected chi connectivity index (χ1v) is 11.4. The monoisotopic (exact) mass is 514 g/mol. The van der Waals surface area contributed by atoms with Crippen LogP contribution in [-0.4, -0.2) is 32.1 Å². The standard InChI is InChI=1S/C25H27BrN2O5/c1-4-6-11-28-25(30)19(15-27)12-18-8-10-22(23(14-18)31-3)33-24(29)16-32-21-9-7-17(5-2)13-20(21)26/h7-10,12-14H,4-6,11,16H2,1-3H3,(H,28,30)/b19-12+. The number of ether oxygens (including phenoxy) is 3. The van der Waals surface area contributed by atoms with E-state index in [1.165, 1.54) is 13.2 Å². The van der Waals surface area contributed by atoms with Gasteiger partial charge in [0.25, 0.3) is 5.91 Å². The van der Waals surface area contributed by atoms with E-state index in [9.17, 15) is 14.9 Å². The van der Waals surface area contributed by atoms with Crippen LogP contribution >= 0.6 is 15.9 Å². The quantitative estimate of drug-likeness (QED) is 0.151. The molecule has 174 valence electrons. The molecule has 7 nitrogen and oxygen atoms in total. The van der Waals surface area contributed by atoms with Gasteiger partial charge < -0.3 is 19.5 Å². The molecule has 0 unspecified atom stereocenters. The van der Waals surface area contributed by atoms with E-state index in [0.29, 0.717) is 17.9 Å². The number of nitrogens with one attached hydrogen (secondary N) is 1. The third-order valence-electron chi connectivity index (χ3n) is 4.65. The maximum atomic E-state index is 12.3. The summed E-state index contributed by atoms with van der Waals surface area (Å²) in [6.45, 7) is 4.29. The first kappa shape index (κ1) is 25.9. The molecule has 1 amide bonds. The predicted octanol–water partition coefficient (Wildman–Crippen LogP) is 4.83. The van der Waals surface area contributed by atoms with Gasteiger partial charge in [-0.15, -0.1) is 0 Å². The largest absolute Gasteiger partial charge is 0.493 e. The fourth-order valence-corrected chi connectivity index (χ4v) is 3.36. The van der Waals surface area contributed by atoms with Gasteiger partial charge in [0, 0.05) is 6.54 Å². The SMILES string of the molecule is CCCCNC(=O)/C(C#N)=C/c1ccc(OC(=O)COc2ccc(CC)cc2Br)c(OC)c1. The average Bonchev–Trinajstić information content (AvgIpc) is 2.82. The van der Waals surface area contributed by atoms with Crippen molar-refractivity contribution in [2.75, 3.05) is 20.3 Å². The lowest BCUT2D eigenvalue weighted by Gasteiger charge is -2.12. The molecule has 0 aliphatic heterocycles. The highest BCUT2D eigenvalue weighted by molar-refractivity contribution is 9.10. The molecule has 2 rings (SSSR count). The number of halogens is 1. The minimum atomic E-state index is -0.601. The molecule has 2 aromatic rings. The van der Waals surface area contributed by atoms with Crippen molar-refractivity contribution in [3.63, 3.8) is 0 Å². The lowest BCUT2D eigenvalue weighted by atomic mass is 10.1. The van der Waals surface area contributed by atoms with Gasteiger partial charge in [-0.05, 0) is 70.2 Å². The maximum absolute atomic E-state index is 12.3. The van der Waals surface area contributed by atoms with Crippen LogP contribution in [0.25, 0.3) is 6.08 Å².